The van der Waals surface area contributed by atoms with E-state index in [0.29, 0.717) is 12.3 Å². The summed E-state index contributed by atoms with van der Waals surface area (Å²) >= 11 is 0. The maximum absolute atomic E-state index is 12.0. The molecule has 0 amide bonds. The number of fused-ring (bicyclic) bond motifs is 4. The third kappa shape index (κ3) is 3.19. The van der Waals surface area contributed by atoms with Gasteiger partial charge in [0.05, 0.1) is 0 Å². The molecule has 9 nitrogen and oxygen atoms in total. The quantitative estimate of drug-likeness (QED) is 0.466. The summed E-state index contributed by atoms with van der Waals surface area (Å²) in [6.45, 7) is 10.5. The largest absolute Gasteiger partial charge is 0.456 e. The molecule has 2 bridgehead atoms. The van der Waals surface area contributed by atoms with Gasteiger partial charge in [0.25, 0.3) is 0 Å². The molecule has 0 N–H and O–H groups in total. The van der Waals surface area contributed by atoms with Gasteiger partial charge >= 0.3 is 17.9 Å². The predicted octanol–water partition coefficient (Wildman–Crippen LogP) is 2.14. The lowest BCUT2D eigenvalue weighted by Crippen LogP contribution is -2.66. The van der Waals surface area contributed by atoms with E-state index in [-0.39, 0.29) is 10.8 Å². The highest BCUT2D eigenvalue weighted by Gasteiger charge is 2.76. The zero-order valence-electron chi connectivity index (χ0n) is 19.8. The first-order valence-corrected chi connectivity index (χ1v) is 11.3. The molecule has 4 unspecified atom stereocenters. The van der Waals surface area contributed by atoms with Crippen LogP contribution >= 0.6 is 0 Å². The molecule has 9 atom stereocenters. The normalized spacial score (nSPS) is 46.0. The van der Waals surface area contributed by atoms with Gasteiger partial charge in [0.1, 0.15) is 18.3 Å². The summed E-state index contributed by atoms with van der Waals surface area (Å²) < 4.78 is 35.8. The van der Waals surface area contributed by atoms with Gasteiger partial charge in [-0.1, -0.05) is 20.8 Å². The van der Waals surface area contributed by atoms with Gasteiger partial charge in [-0.05, 0) is 24.2 Å². The molecule has 3 saturated carbocycles. The van der Waals surface area contributed by atoms with Gasteiger partial charge in [-0.2, -0.15) is 0 Å². The van der Waals surface area contributed by atoms with Crippen molar-refractivity contribution in [3.63, 3.8) is 0 Å². The third-order valence-corrected chi connectivity index (χ3v) is 8.57. The molecule has 4 rings (SSSR count). The van der Waals surface area contributed by atoms with Crippen molar-refractivity contribution in [2.45, 2.75) is 103 Å². The standard InChI is InChI=1S/C23H34O9/c1-11(24)28-16-15(27-7)19-20(18(30-13(3)26)17(16)29-12(2)25)32-23(31-19)10-14-8-9-22(23,6)21(14,4)5/h14-20H,8-10H2,1-7H3/t14-,15-,16?,17?,18+,19?,20?,22-,23+/m1/s1. The number of esters is 3. The third-order valence-electron chi connectivity index (χ3n) is 8.57. The molecule has 1 aliphatic heterocycles. The minimum atomic E-state index is -1.09. The summed E-state index contributed by atoms with van der Waals surface area (Å²) in [4.78, 5) is 35.9. The van der Waals surface area contributed by atoms with Crippen molar-refractivity contribution in [2.75, 3.05) is 7.11 Å². The van der Waals surface area contributed by atoms with Crippen LogP contribution in [-0.4, -0.2) is 67.4 Å². The van der Waals surface area contributed by atoms with Gasteiger partial charge in [0.15, 0.2) is 24.1 Å². The highest BCUT2D eigenvalue weighted by Crippen LogP contribution is 2.73. The lowest BCUT2D eigenvalue weighted by molar-refractivity contribution is -0.257. The van der Waals surface area contributed by atoms with Crippen LogP contribution in [0.5, 0.6) is 0 Å². The Labute approximate surface area is 188 Å². The Morgan fingerprint density at radius 2 is 1.25 bits per heavy atom. The molecule has 3 aliphatic carbocycles. The molecular formula is C23H34O9. The second kappa shape index (κ2) is 7.67. The first-order chi connectivity index (χ1) is 14.9. The minimum absolute atomic E-state index is 0.00936. The molecule has 180 valence electrons. The first kappa shape index (κ1) is 23.4. The Morgan fingerprint density at radius 1 is 0.781 bits per heavy atom. The van der Waals surface area contributed by atoms with Crippen LogP contribution in [0, 0.1) is 16.7 Å². The van der Waals surface area contributed by atoms with Crippen molar-refractivity contribution in [1.29, 1.82) is 0 Å². The molecule has 0 aromatic carbocycles. The molecule has 32 heavy (non-hydrogen) atoms. The average molecular weight is 455 g/mol. The molecule has 1 heterocycles. The second-order valence-corrected chi connectivity index (χ2v) is 10.3. The van der Waals surface area contributed by atoms with Gasteiger partial charge < -0.3 is 28.4 Å². The fraction of sp³-hybridized carbons (Fsp3) is 0.870. The molecule has 1 saturated heterocycles. The van der Waals surface area contributed by atoms with Crippen molar-refractivity contribution >= 4 is 17.9 Å². The summed E-state index contributed by atoms with van der Waals surface area (Å²) in [5.74, 6) is -2.20. The SMILES string of the molecule is CO[C@@H]1C(OC(C)=O)C(OC(C)=O)[C@H](OC(C)=O)C2O[C@]3(C[C@H]4CC[C@]3(C)C4(C)C)OC21. The number of carbonyl (C=O) groups excluding carboxylic acids is 3. The van der Waals surface area contributed by atoms with Crippen LogP contribution in [0.4, 0.5) is 0 Å². The van der Waals surface area contributed by atoms with E-state index in [1.165, 1.54) is 27.9 Å². The van der Waals surface area contributed by atoms with Crippen LogP contribution in [0.2, 0.25) is 0 Å². The number of rotatable bonds is 4. The summed E-state index contributed by atoms with van der Waals surface area (Å²) in [6.07, 6.45) is -2.56. The molecule has 0 aromatic heterocycles. The molecule has 9 heteroatoms. The first-order valence-electron chi connectivity index (χ1n) is 11.3. The van der Waals surface area contributed by atoms with Crippen molar-refractivity contribution < 1.29 is 42.8 Å². The van der Waals surface area contributed by atoms with Crippen LogP contribution in [0.1, 0.15) is 60.8 Å². The highest BCUT2D eigenvalue weighted by molar-refractivity contribution is 5.68. The molecular weight excluding hydrogens is 420 g/mol. The smallest absolute Gasteiger partial charge is 0.303 e. The Balaban J connectivity index is 1.77. The Hall–Kier alpha value is -1.71. The number of carbonyl (C=O) groups is 3. The van der Waals surface area contributed by atoms with Crippen LogP contribution < -0.4 is 0 Å². The lowest BCUT2D eigenvalue weighted by atomic mass is 9.68. The molecule has 4 aliphatic rings. The fourth-order valence-corrected chi connectivity index (χ4v) is 6.64. The predicted molar refractivity (Wildman–Crippen MR) is 109 cm³/mol. The molecule has 1 spiro atoms. The van der Waals surface area contributed by atoms with Gasteiger partial charge in [-0.25, -0.2) is 0 Å². The highest BCUT2D eigenvalue weighted by atomic mass is 16.8. The Morgan fingerprint density at radius 3 is 1.66 bits per heavy atom. The topological polar surface area (TPSA) is 107 Å². The van der Waals surface area contributed by atoms with Crippen LogP contribution in [-0.2, 0) is 42.8 Å². The van der Waals surface area contributed by atoms with E-state index in [1.54, 1.807) is 0 Å². The monoisotopic (exact) mass is 454 g/mol. The fourth-order valence-electron chi connectivity index (χ4n) is 6.64. The van der Waals surface area contributed by atoms with E-state index in [1.807, 2.05) is 0 Å². The number of methoxy groups -OCH3 is 1. The van der Waals surface area contributed by atoms with Crippen molar-refractivity contribution in [3.05, 3.63) is 0 Å². The van der Waals surface area contributed by atoms with Gasteiger partial charge in [0.2, 0.25) is 0 Å². The van der Waals surface area contributed by atoms with E-state index in [4.69, 9.17) is 28.4 Å². The summed E-state index contributed by atoms with van der Waals surface area (Å²) in [7, 11) is 1.48. The van der Waals surface area contributed by atoms with Crippen molar-refractivity contribution in [2.24, 2.45) is 16.7 Å². The van der Waals surface area contributed by atoms with E-state index >= 15 is 0 Å². The number of ether oxygens (including phenoxy) is 6. The Bertz CT molecular complexity index is 809. The Kier molecular flexibility index (Phi) is 5.62. The van der Waals surface area contributed by atoms with E-state index in [9.17, 15) is 14.4 Å². The maximum atomic E-state index is 12.0. The minimum Gasteiger partial charge on any atom is -0.456 e. The van der Waals surface area contributed by atoms with Gasteiger partial charge in [0, 0.05) is 39.7 Å². The molecule has 0 radical (unpaired) electrons. The number of hydrogen-bond donors (Lipinski definition) is 0. The van der Waals surface area contributed by atoms with E-state index in [0.717, 1.165) is 12.8 Å². The maximum Gasteiger partial charge on any atom is 0.303 e. The molecule has 0 aromatic rings. The van der Waals surface area contributed by atoms with Crippen LogP contribution in [0.3, 0.4) is 0 Å². The zero-order chi connectivity index (χ0) is 23.6. The van der Waals surface area contributed by atoms with Crippen LogP contribution in [0.15, 0.2) is 0 Å². The van der Waals surface area contributed by atoms with Crippen LogP contribution in [0.25, 0.3) is 0 Å². The van der Waals surface area contributed by atoms with Crippen molar-refractivity contribution in [1.82, 2.24) is 0 Å². The summed E-state index contributed by atoms with van der Waals surface area (Å²) in [6, 6.07) is 0. The average Bonchev–Trinajstić information content (AvgIpc) is 3.20. The van der Waals surface area contributed by atoms with Gasteiger partial charge in [-0.15, -0.1) is 0 Å². The van der Waals surface area contributed by atoms with E-state index in [2.05, 4.69) is 20.8 Å². The molecule has 4 fully saturated rings. The van der Waals surface area contributed by atoms with Gasteiger partial charge in [-0.3, -0.25) is 14.4 Å². The number of hydrogen-bond acceptors (Lipinski definition) is 9. The summed E-state index contributed by atoms with van der Waals surface area (Å²) in [5.41, 5.74) is -0.278. The lowest BCUT2D eigenvalue weighted by Gasteiger charge is -2.45. The van der Waals surface area contributed by atoms with E-state index < -0.39 is 60.3 Å². The summed E-state index contributed by atoms with van der Waals surface area (Å²) in [5, 5.41) is 0. The zero-order valence-corrected chi connectivity index (χ0v) is 19.8. The van der Waals surface area contributed by atoms with Crippen molar-refractivity contribution in [3.8, 4) is 0 Å². The second-order valence-electron chi connectivity index (χ2n) is 10.3.